The lowest BCUT2D eigenvalue weighted by molar-refractivity contribution is 0.267. The first-order valence-electron chi connectivity index (χ1n) is 7.70. The maximum atomic E-state index is 9.27. The molecule has 0 saturated carbocycles. The SMILES string of the molecule is CCCNC(C)(C#N)CCOc1ccc(C(C)(C)C)cc1. The van der Waals surface area contributed by atoms with E-state index in [-0.39, 0.29) is 5.41 Å². The highest BCUT2D eigenvalue weighted by Gasteiger charge is 2.22. The van der Waals surface area contributed by atoms with Crippen molar-refractivity contribution in [1.29, 1.82) is 5.26 Å². The first-order valence-corrected chi connectivity index (χ1v) is 7.70. The molecule has 0 aliphatic carbocycles. The highest BCUT2D eigenvalue weighted by atomic mass is 16.5. The van der Waals surface area contributed by atoms with Gasteiger partial charge in [0.15, 0.2) is 0 Å². The van der Waals surface area contributed by atoms with Crippen LogP contribution in [0.25, 0.3) is 0 Å². The van der Waals surface area contributed by atoms with E-state index in [1.807, 2.05) is 19.1 Å². The van der Waals surface area contributed by atoms with E-state index < -0.39 is 5.54 Å². The molecule has 1 N–H and O–H groups in total. The second-order valence-electron chi connectivity index (χ2n) is 6.74. The van der Waals surface area contributed by atoms with Crippen molar-refractivity contribution in [2.45, 2.75) is 58.4 Å². The fraction of sp³-hybridized carbons (Fsp3) is 0.611. The van der Waals surface area contributed by atoms with Gasteiger partial charge in [-0.25, -0.2) is 0 Å². The molecule has 3 nitrogen and oxygen atoms in total. The average Bonchev–Trinajstić information content (AvgIpc) is 2.45. The van der Waals surface area contributed by atoms with Crippen molar-refractivity contribution < 1.29 is 4.74 Å². The zero-order valence-corrected chi connectivity index (χ0v) is 14.0. The molecule has 0 amide bonds. The van der Waals surface area contributed by atoms with E-state index in [0.29, 0.717) is 13.0 Å². The lowest BCUT2D eigenvalue weighted by atomic mass is 9.87. The summed E-state index contributed by atoms with van der Waals surface area (Å²) in [6.45, 7) is 12.0. The van der Waals surface area contributed by atoms with Crippen molar-refractivity contribution in [3.05, 3.63) is 29.8 Å². The third-order valence-corrected chi connectivity index (χ3v) is 3.60. The van der Waals surface area contributed by atoms with E-state index in [2.05, 4.69) is 51.2 Å². The van der Waals surface area contributed by atoms with Crippen molar-refractivity contribution >= 4 is 0 Å². The van der Waals surface area contributed by atoms with E-state index in [4.69, 9.17) is 4.74 Å². The van der Waals surface area contributed by atoms with Crippen LogP contribution in [0.1, 0.15) is 53.0 Å². The fourth-order valence-corrected chi connectivity index (χ4v) is 2.01. The summed E-state index contributed by atoms with van der Waals surface area (Å²) in [5, 5.41) is 12.5. The molecule has 116 valence electrons. The van der Waals surface area contributed by atoms with Gasteiger partial charge < -0.3 is 4.74 Å². The molecule has 1 atom stereocenters. The zero-order chi connectivity index (χ0) is 15.9. The van der Waals surface area contributed by atoms with Gasteiger partial charge >= 0.3 is 0 Å². The molecule has 3 heteroatoms. The molecule has 1 aromatic carbocycles. The largest absolute Gasteiger partial charge is 0.493 e. The molecule has 0 aliphatic heterocycles. The number of benzene rings is 1. The smallest absolute Gasteiger partial charge is 0.119 e. The summed E-state index contributed by atoms with van der Waals surface area (Å²) in [7, 11) is 0. The maximum absolute atomic E-state index is 9.27. The summed E-state index contributed by atoms with van der Waals surface area (Å²) in [6.07, 6.45) is 1.69. The summed E-state index contributed by atoms with van der Waals surface area (Å²) in [4.78, 5) is 0. The second-order valence-corrected chi connectivity index (χ2v) is 6.74. The molecule has 0 saturated heterocycles. The van der Waals surface area contributed by atoms with Gasteiger partial charge in [0.1, 0.15) is 11.3 Å². The molecule has 1 rings (SSSR count). The lowest BCUT2D eigenvalue weighted by Gasteiger charge is -2.23. The molecule has 0 spiro atoms. The molecule has 21 heavy (non-hydrogen) atoms. The van der Waals surface area contributed by atoms with Crippen LogP contribution < -0.4 is 10.1 Å². The quantitative estimate of drug-likeness (QED) is 0.823. The topological polar surface area (TPSA) is 45.0 Å². The number of hydrogen-bond donors (Lipinski definition) is 1. The minimum Gasteiger partial charge on any atom is -0.493 e. The van der Waals surface area contributed by atoms with E-state index >= 15 is 0 Å². The van der Waals surface area contributed by atoms with Gasteiger partial charge in [-0.05, 0) is 43.0 Å². The standard InChI is InChI=1S/C18H28N2O/c1-6-12-20-18(5,14-19)11-13-21-16-9-7-15(8-10-16)17(2,3)4/h7-10,20H,6,11-13H2,1-5H3. The van der Waals surface area contributed by atoms with Crippen LogP contribution in [0.5, 0.6) is 5.75 Å². The lowest BCUT2D eigenvalue weighted by Crippen LogP contribution is -2.42. The Morgan fingerprint density at radius 1 is 1.14 bits per heavy atom. The number of ether oxygens (including phenoxy) is 1. The number of nitrogens with one attached hydrogen (secondary N) is 1. The highest BCUT2D eigenvalue weighted by molar-refractivity contribution is 5.31. The minimum absolute atomic E-state index is 0.155. The minimum atomic E-state index is -0.513. The summed E-state index contributed by atoms with van der Waals surface area (Å²) < 4.78 is 5.76. The predicted octanol–water partition coefficient (Wildman–Crippen LogP) is 4.03. The highest BCUT2D eigenvalue weighted by Crippen LogP contribution is 2.24. The molecule has 0 radical (unpaired) electrons. The predicted molar refractivity (Wildman–Crippen MR) is 87.6 cm³/mol. The molecule has 0 aliphatic rings. The molecular weight excluding hydrogens is 260 g/mol. The Balaban J connectivity index is 2.50. The number of nitriles is 1. The molecule has 1 unspecified atom stereocenters. The van der Waals surface area contributed by atoms with Gasteiger partial charge in [-0.15, -0.1) is 0 Å². The van der Waals surface area contributed by atoms with Crippen molar-refractivity contribution in [2.75, 3.05) is 13.2 Å². The van der Waals surface area contributed by atoms with Crippen LogP contribution in [0.15, 0.2) is 24.3 Å². The molecule has 0 fully saturated rings. The average molecular weight is 288 g/mol. The van der Waals surface area contributed by atoms with E-state index in [9.17, 15) is 5.26 Å². The first kappa shape index (κ1) is 17.5. The molecule has 0 heterocycles. The van der Waals surface area contributed by atoms with Crippen molar-refractivity contribution in [3.63, 3.8) is 0 Å². The number of nitrogens with zero attached hydrogens (tertiary/aromatic N) is 1. The van der Waals surface area contributed by atoms with Crippen molar-refractivity contribution in [2.24, 2.45) is 0 Å². The van der Waals surface area contributed by atoms with Gasteiger partial charge in [-0.1, -0.05) is 39.8 Å². The normalized spacial score (nSPS) is 14.3. The Kier molecular flexibility index (Phi) is 6.23. The van der Waals surface area contributed by atoms with Crippen LogP contribution in [-0.2, 0) is 5.41 Å². The monoisotopic (exact) mass is 288 g/mol. The number of rotatable bonds is 7. The van der Waals surface area contributed by atoms with E-state index in [1.54, 1.807) is 0 Å². The molecular formula is C18H28N2O. The Hall–Kier alpha value is -1.53. The van der Waals surface area contributed by atoms with Crippen LogP contribution in [0.2, 0.25) is 0 Å². The van der Waals surface area contributed by atoms with Crippen molar-refractivity contribution in [1.82, 2.24) is 5.32 Å². The zero-order valence-electron chi connectivity index (χ0n) is 14.0. The van der Waals surface area contributed by atoms with Crippen LogP contribution in [0.4, 0.5) is 0 Å². The Labute approximate surface area is 129 Å². The van der Waals surface area contributed by atoms with Crippen LogP contribution >= 0.6 is 0 Å². The van der Waals surface area contributed by atoms with Crippen molar-refractivity contribution in [3.8, 4) is 11.8 Å². The van der Waals surface area contributed by atoms with Gasteiger partial charge in [0.05, 0.1) is 12.7 Å². The maximum Gasteiger partial charge on any atom is 0.119 e. The first-order chi connectivity index (χ1) is 9.80. The molecule has 0 bridgehead atoms. The fourth-order valence-electron chi connectivity index (χ4n) is 2.01. The van der Waals surface area contributed by atoms with Gasteiger partial charge in [0.2, 0.25) is 0 Å². The van der Waals surface area contributed by atoms with Gasteiger partial charge in [0.25, 0.3) is 0 Å². The Morgan fingerprint density at radius 2 is 1.76 bits per heavy atom. The van der Waals surface area contributed by atoms with Gasteiger partial charge in [0, 0.05) is 6.42 Å². The van der Waals surface area contributed by atoms with Crippen LogP contribution in [0, 0.1) is 11.3 Å². The van der Waals surface area contributed by atoms with Gasteiger partial charge in [-0.2, -0.15) is 5.26 Å². The Morgan fingerprint density at radius 3 is 2.24 bits per heavy atom. The van der Waals surface area contributed by atoms with E-state index in [1.165, 1.54) is 5.56 Å². The summed E-state index contributed by atoms with van der Waals surface area (Å²) >= 11 is 0. The summed E-state index contributed by atoms with van der Waals surface area (Å²) in [6, 6.07) is 10.6. The number of hydrogen-bond acceptors (Lipinski definition) is 3. The van der Waals surface area contributed by atoms with Gasteiger partial charge in [-0.3, -0.25) is 5.32 Å². The van der Waals surface area contributed by atoms with Crippen LogP contribution in [-0.4, -0.2) is 18.7 Å². The van der Waals surface area contributed by atoms with E-state index in [0.717, 1.165) is 18.7 Å². The summed E-state index contributed by atoms with van der Waals surface area (Å²) in [5.41, 5.74) is 0.935. The molecule has 1 aromatic rings. The second kappa shape index (κ2) is 7.47. The van der Waals surface area contributed by atoms with Crippen LogP contribution in [0.3, 0.4) is 0 Å². The third-order valence-electron chi connectivity index (χ3n) is 3.60. The molecule has 0 aromatic heterocycles. The third kappa shape index (κ3) is 5.77. The summed E-state index contributed by atoms with van der Waals surface area (Å²) in [5.74, 6) is 0.860. The Bertz CT molecular complexity index is 467.